The zero-order valence-electron chi connectivity index (χ0n) is 10.4. The summed E-state index contributed by atoms with van der Waals surface area (Å²) in [4.78, 5) is 11.6. The van der Waals surface area contributed by atoms with Crippen molar-refractivity contribution in [1.29, 1.82) is 0 Å². The molecule has 0 radical (unpaired) electrons. The van der Waals surface area contributed by atoms with Crippen LogP contribution in [0.5, 0.6) is 0 Å². The van der Waals surface area contributed by atoms with Crippen molar-refractivity contribution < 1.29 is 22.5 Å². The number of carbonyl (C=O) groups is 1. The predicted molar refractivity (Wildman–Crippen MR) is 66.6 cm³/mol. The largest absolute Gasteiger partial charge is 0.369 e. The minimum Gasteiger partial charge on any atom is -0.366 e. The van der Waals surface area contributed by atoms with Gasteiger partial charge in [0.05, 0.1) is 0 Å². The summed E-state index contributed by atoms with van der Waals surface area (Å²) in [6.45, 7) is 2.25. The van der Waals surface area contributed by atoms with E-state index in [2.05, 4.69) is 9.50 Å². The molecule has 0 aliphatic carbocycles. The molecule has 1 aromatic rings. The molecule has 19 heavy (non-hydrogen) atoms. The van der Waals surface area contributed by atoms with E-state index in [1.165, 1.54) is 12.1 Å². The maximum Gasteiger partial charge on any atom is 0.369 e. The number of aryl methyl sites for hydroxylation is 1. The lowest BCUT2D eigenvalue weighted by molar-refractivity contribution is -0.156. The van der Waals surface area contributed by atoms with Gasteiger partial charge in [0, 0.05) is 6.42 Å². The Bertz CT molecular complexity index is 573. The summed E-state index contributed by atoms with van der Waals surface area (Å²) in [6.07, 6.45) is 0.714. The number of carbonyl (C=O) groups excluding carboxylic acids is 1. The van der Waals surface area contributed by atoms with Gasteiger partial charge in [-0.25, -0.2) is 4.79 Å². The van der Waals surface area contributed by atoms with Crippen LogP contribution >= 0.6 is 0 Å². The van der Waals surface area contributed by atoms with Crippen LogP contribution in [0.3, 0.4) is 0 Å². The molecule has 1 saturated heterocycles. The Labute approximate surface area is 111 Å². The standard InChI is InChI=1S/C12H15NO5S/c1-9-3-5-10(6-4-9)19(16,17)18-11(14)12(15)7-2-8-13-12/h3-6,13,15H,2,7-8H2,1H3/t12-/m1/s1. The second kappa shape index (κ2) is 4.92. The summed E-state index contributed by atoms with van der Waals surface area (Å²) in [5.74, 6) is -1.19. The molecule has 0 saturated carbocycles. The van der Waals surface area contributed by atoms with Crippen LogP contribution in [0.2, 0.25) is 0 Å². The van der Waals surface area contributed by atoms with E-state index in [1.807, 2.05) is 6.92 Å². The Morgan fingerprint density at radius 2 is 2.00 bits per heavy atom. The van der Waals surface area contributed by atoms with Crippen molar-refractivity contribution in [1.82, 2.24) is 5.32 Å². The summed E-state index contributed by atoms with van der Waals surface area (Å²) in [7, 11) is -4.20. The maximum atomic E-state index is 11.9. The number of nitrogens with one attached hydrogen (secondary N) is 1. The Balaban J connectivity index is 2.17. The van der Waals surface area contributed by atoms with Crippen LogP contribution in [0.1, 0.15) is 18.4 Å². The van der Waals surface area contributed by atoms with Crippen molar-refractivity contribution in [2.24, 2.45) is 0 Å². The third kappa shape index (κ3) is 2.94. The van der Waals surface area contributed by atoms with Gasteiger partial charge in [0.15, 0.2) is 0 Å². The van der Waals surface area contributed by atoms with Gasteiger partial charge in [0.2, 0.25) is 5.72 Å². The zero-order chi connectivity index (χ0) is 14.1. The van der Waals surface area contributed by atoms with Crippen molar-refractivity contribution in [2.75, 3.05) is 6.54 Å². The highest BCUT2D eigenvalue weighted by Gasteiger charge is 2.42. The molecule has 7 heteroatoms. The van der Waals surface area contributed by atoms with Crippen LogP contribution in [0, 0.1) is 6.92 Å². The number of benzene rings is 1. The van der Waals surface area contributed by atoms with E-state index in [-0.39, 0.29) is 11.3 Å². The van der Waals surface area contributed by atoms with Crippen molar-refractivity contribution in [3.8, 4) is 0 Å². The van der Waals surface area contributed by atoms with E-state index < -0.39 is 21.8 Å². The first-order valence-corrected chi connectivity index (χ1v) is 7.27. The number of aliphatic hydroxyl groups is 1. The third-order valence-electron chi connectivity index (χ3n) is 2.97. The van der Waals surface area contributed by atoms with Gasteiger partial charge in [0.1, 0.15) is 4.90 Å². The van der Waals surface area contributed by atoms with Gasteiger partial charge in [-0.05, 0) is 32.0 Å². The van der Waals surface area contributed by atoms with Gasteiger partial charge in [0.25, 0.3) is 0 Å². The van der Waals surface area contributed by atoms with Gasteiger partial charge >= 0.3 is 16.1 Å². The summed E-state index contributed by atoms with van der Waals surface area (Å²) >= 11 is 0. The second-order valence-corrected chi connectivity index (χ2v) is 6.07. The maximum absolute atomic E-state index is 11.9. The van der Waals surface area contributed by atoms with E-state index in [0.717, 1.165) is 5.56 Å². The van der Waals surface area contributed by atoms with Gasteiger partial charge in [-0.15, -0.1) is 0 Å². The first-order chi connectivity index (χ1) is 8.83. The average Bonchev–Trinajstić information content (AvgIpc) is 2.77. The highest BCUT2D eigenvalue weighted by molar-refractivity contribution is 7.87. The van der Waals surface area contributed by atoms with Crippen LogP contribution in [0.25, 0.3) is 0 Å². The summed E-state index contributed by atoms with van der Waals surface area (Å²) < 4.78 is 28.2. The van der Waals surface area contributed by atoms with Crippen LogP contribution in [0.4, 0.5) is 0 Å². The van der Waals surface area contributed by atoms with Gasteiger partial charge in [-0.3, -0.25) is 5.32 Å². The quantitative estimate of drug-likeness (QED) is 0.776. The normalized spacial score (nSPS) is 23.3. The lowest BCUT2D eigenvalue weighted by atomic mass is 10.2. The molecule has 1 fully saturated rings. The summed E-state index contributed by atoms with van der Waals surface area (Å²) in [5.41, 5.74) is -1.01. The van der Waals surface area contributed by atoms with Crippen molar-refractivity contribution in [3.63, 3.8) is 0 Å². The van der Waals surface area contributed by atoms with Crippen LogP contribution in [0.15, 0.2) is 29.2 Å². The lowest BCUT2D eigenvalue weighted by Crippen LogP contribution is -2.49. The monoisotopic (exact) mass is 285 g/mol. The fraction of sp³-hybridized carbons (Fsp3) is 0.417. The Kier molecular flexibility index (Phi) is 3.62. The Morgan fingerprint density at radius 3 is 2.53 bits per heavy atom. The topological polar surface area (TPSA) is 92.7 Å². The third-order valence-corrected chi connectivity index (χ3v) is 4.19. The molecule has 1 aliphatic heterocycles. The SMILES string of the molecule is Cc1ccc(S(=O)(=O)OC(=O)[C@]2(O)CCCN2)cc1. The molecule has 0 amide bonds. The molecule has 0 bridgehead atoms. The van der Waals surface area contributed by atoms with E-state index >= 15 is 0 Å². The molecule has 1 aliphatic rings. The number of rotatable bonds is 3. The van der Waals surface area contributed by atoms with E-state index in [1.54, 1.807) is 12.1 Å². The molecule has 2 rings (SSSR count). The van der Waals surface area contributed by atoms with Gasteiger partial charge in [-0.2, -0.15) is 8.42 Å². The molecule has 1 aromatic carbocycles. The molecule has 0 unspecified atom stereocenters. The summed E-state index contributed by atoms with van der Waals surface area (Å²) in [5, 5.41) is 12.4. The lowest BCUT2D eigenvalue weighted by Gasteiger charge is -2.19. The molecule has 1 atom stereocenters. The average molecular weight is 285 g/mol. The van der Waals surface area contributed by atoms with Crippen molar-refractivity contribution in [2.45, 2.75) is 30.4 Å². The summed E-state index contributed by atoms with van der Waals surface area (Å²) in [6, 6.07) is 5.90. The Hall–Kier alpha value is -1.44. The molecule has 2 N–H and O–H groups in total. The highest BCUT2D eigenvalue weighted by Crippen LogP contribution is 2.21. The second-order valence-electron chi connectivity index (χ2n) is 4.53. The molecule has 0 aromatic heterocycles. The highest BCUT2D eigenvalue weighted by atomic mass is 32.2. The fourth-order valence-electron chi connectivity index (χ4n) is 1.82. The molecule has 6 nitrogen and oxygen atoms in total. The molecule has 0 spiro atoms. The minimum atomic E-state index is -4.20. The van der Waals surface area contributed by atoms with Gasteiger partial charge < -0.3 is 9.29 Å². The Morgan fingerprint density at radius 1 is 1.37 bits per heavy atom. The predicted octanol–water partition coefficient (Wildman–Crippen LogP) is 0.299. The van der Waals surface area contributed by atoms with Crippen molar-refractivity contribution >= 4 is 16.1 Å². The van der Waals surface area contributed by atoms with Crippen LogP contribution in [-0.4, -0.2) is 31.8 Å². The fourth-order valence-corrected chi connectivity index (χ4v) is 2.73. The first kappa shape index (κ1) is 14.0. The van der Waals surface area contributed by atoms with Crippen LogP contribution in [-0.2, 0) is 19.1 Å². The van der Waals surface area contributed by atoms with E-state index in [4.69, 9.17) is 0 Å². The molecule has 1 heterocycles. The minimum absolute atomic E-state index is 0.118. The molecular formula is C12H15NO5S. The first-order valence-electron chi connectivity index (χ1n) is 5.86. The van der Waals surface area contributed by atoms with Crippen molar-refractivity contribution in [3.05, 3.63) is 29.8 Å². The zero-order valence-corrected chi connectivity index (χ0v) is 11.2. The van der Waals surface area contributed by atoms with E-state index in [0.29, 0.717) is 13.0 Å². The smallest absolute Gasteiger partial charge is 0.366 e. The van der Waals surface area contributed by atoms with E-state index in [9.17, 15) is 18.3 Å². The molecule has 104 valence electrons. The number of hydrogen-bond donors (Lipinski definition) is 2. The molecular weight excluding hydrogens is 270 g/mol. The van der Waals surface area contributed by atoms with Gasteiger partial charge in [-0.1, -0.05) is 17.7 Å². The van der Waals surface area contributed by atoms with Crippen LogP contribution < -0.4 is 5.32 Å². The number of hydrogen-bond acceptors (Lipinski definition) is 6.